The SMILES string of the molecule is O=c1cc(C[NH+]2CC[NH+](Cc3ccccc3)CC2)c2cc3c(cc2o1)OCO3. The van der Waals surface area contributed by atoms with E-state index in [1.54, 1.807) is 17.0 Å². The molecule has 144 valence electrons. The van der Waals surface area contributed by atoms with Crippen LogP contribution in [0, 0.1) is 0 Å². The van der Waals surface area contributed by atoms with E-state index in [2.05, 4.69) is 30.3 Å². The molecule has 0 bridgehead atoms. The summed E-state index contributed by atoms with van der Waals surface area (Å²) in [5, 5.41) is 0.940. The molecule has 6 nitrogen and oxygen atoms in total. The zero-order chi connectivity index (χ0) is 18.9. The highest BCUT2D eigenvalue weighted by molar-refractivity contribution is 5.84. The zero-order valence-corrected chi connectivity index (χ0v) is 15.7. The van der Waals surface area contributed by atoms with Gasteiger partial charge in [0, 0.05) is 28.6 Å². The highest BCUT2D eigenvalue weighted by Crippen LogP contribution is 2.36. The molecule has 0 saturated carbocycles. The van der Waals surface area contributed by atoms with E-state index in [4.69, 9.17) is 13.9 Å². The van der Waals surface area contributed by atoms with Crippen molar-refractivity contribution in [1.82, 2.24) is 0 Å². The molecule has 3 aromatic rings. The molecule has 0 spiro atoms. The number of hydrogen-bond donors (Lipinski definition) is 2. The van der Waals surface area contributed by atoms with E-state index in [0.29, 0.717) is 11.3 Å². The number of piperazine rings is 1. The number of ether oxygens (including phenoxy) is 2. The lowest BCUT2D eigenvalue weighted by atomic mass is 10.1. The number of benzene rings is 2. The van der Waals surface area contributed by atoms with Gasteiger partial charge in [0.25, 0.3) is 0 Å². The van der Waals surface area contributed by atoms with Crippen molar-refractivity contribution in [1.29, 1.82) is 0 Å². The van der Waals surface area contributed by atoms with Crippen LogP contribution in [0.5, 0.6) is 11.5 Å². The van der Waals surface area contributed by atoms with Crippen LogP contribution in [-0.2, 0) is 13.1 Å². The molecule has 0 amide bonds. The van der Waals surface area contributed by atoms with Crippen molar-refractivity contribution in [3.63, 3.8) is 0 Å². The van der Waals surface area contributed by atoms with Crippen LogP contribution >= 0.6 is 0 Å². The van der Waals surface area contributed by atoms with E-state index in [0.717, 1.165) is 56.0 Å². The van der Waals surface area contributed by atoms with Crippen molar-refractivity contribution in [2.24, 2.45) is 0 Å². The summed E-state index contributed by atoms with van der Waals surface area (Å²) >= 11 is 0. The first-order chi connectivity index (χ1) is 13.7. The summed E-state index contributed by atoms with van der Waals surface area (Å²) in [6.07, 6.45) is 0. The summed E-state index contributed by atoms with van der Waals surface area (Å²) in [5.74, 6) is 1.35. The van der Waals surface area contributed by atoms with Gasteiger partial charge in [0.2, 0.25) is 6.79 Å². The molecule has 2 aliphatic heterocycles. The minimum atomic E-state index is -0.311. The molecular weight excluding hydrogens is 356 g/mol. The fraction of sp³-hybridized carbons (Fsp3) is 0.318. The Morgan fingerprint density at radius 2 is 1.50 bits per heavy atom. The fourth-order valence-corrected chi connectivity index (χ4v) is 4.23. The van der Waals surface area contributed by atoms with Gasteiger partial charge in [-0.3, -0.25) is 0 Å². The average Bonchev–Trinajstić information content (AvgIpc) is 3.16. The van der Waals surface area contributed by atoms with Crippen LogP contribution in [0.15, 0.2) is 57.7 Å². The van der Waals surface area contributed by atoms with E-state index < -0.39 is 0 Å². The monoisotopic (exact) mass is 380 g/mol. The van der Waals surface area contributed by atoms with Gasteiger partial charge in [-0.15, -0.1) is 0 Å². The van der Waals surface area contributed by atoms with Crippen molar-refractivity contribution in [2.45, 2.75) is 13.1 Å². The smallest absolute Gasteiger partial charge is 0.336 e. The standard InChI is InChI=1S/C22H22N2O4/c25-22-10-17(18-11-20-21(27-15-26-20)12-19(18)28-22)14-24-8-6-23(7-9-24)13-16-4-2-1-3-5-16/h1-5,10-12H,6-9,13-15H2/p+2. The molecular formula is C22H24N2O4+2. The maximum absolute atomic E-state index is 12.0. The van der Waals surface area contributed by atoms with E-state index in [9.17, 15) is 4.79 Å². The Hall–Kier alpha value is -2.83. The quantitative estimate of drug-likeness (QED) is 0.626. The zero-order valence-electron chi connectivity index (χ0n) is 15.7. The summed E-state index contributed by atoms with van der Waals surface area (Å²) in [6, 6.07) is 16.0. The maximum Gasteiger partial charge on any atom is 0.336 e. The molecule has 1 saturated heterocycles. The van der Waals surface area contributed by atoms with Gasteiger partial charge in [-0.2, -0.15) is 0 Å². The van der Waals surface area contributed by atoms with Crippen molar-refractivity contribution in [2.75, 3.05) is 33.0 Å². The van der Waals surface area contributed by atoms with E-state index in [1.165, 1.54) is 10.5 Å². The topological polar surface area (TPSA) is 57.6 Å². The highest BCUT2D eigenvalue weighted by Gasteiger charge is 2.25. The van der Waals surface area contributed by atoms with E-state index >= 15 is 0 Å². The minimum absolute atomic E-state index is 0.211. The molecule has 2 aromatic carbocycles. The summed E-state index contributed by atoms with van der Waals surface area (Å²) < 4.78 is 16.3. The average molecular weight is 380 g/mol. The second-order valence-electron chi connectivity index (χ2n) is 7.63. The van der Waals surface area contributed by atoms with Crippen LogP contribution in [0.4, 0.5) is 0 Å². The molecule has 0 aliphatic carbocycles. The van der Waals surface area contributed by atoms with Crippen molar-refractivity contribution < 1.29 is 23.7 Å². The van der Waals surface area contributed by atoms with Crippen molar-refractivity contribution >= 4 is 11.0 Å². The van der Waals surface area contributed by atoms with Gasteiger partial charge in [0.1, 0.15) is 44.9 Å². The number of rotatable bonds is 4. The van der Waals surface area contributed by atoms with Gasteiger partial charge in [-0.25, -0.2) is 4.79 Å². The Morgan fingerprint density at radius 3 is 2.25 bits per heavy atom. The van der Waals surface area contributed by atoms with Gasteiger partial charge in [-0.1, -0.05) is 30.3 Å². The first kappa shape index (κ1) is 17.3. The van der Waals surface area contributed by atoms with Crippen molar-refractivity contribution in [3.8, 4) is 11.5 Å². The van der Waals surface area contributed by atoms with Crippen LogP contribution in [0.2, 0.25) is 0 Å². The van der Waals surface area contributed by atoms with Gasteiger partial charge in [-0.05, 0) is 6.07 Å². The molecule has 0 atom stereocenters. The van der Waals surface area contributed by atoms with Gasteiger partial charge >= 0.3 is 5.63 Å². The molecule has 2 aliphatic rings. The van der Waals surface area contributed by atoms with Crippen LogP contribution < -0.4 is 24.9 Å². The molecule has 1 aromatic heterocycles. The molecule has 5 rings (SSSR count). The van der Waals surface area contributed by atoms with Gasteiger partial charge in [0.15, 0.2) is 11.5 Å². The van der Waals surface area contributed by atoms with Crippen molar-refractivity contribution in [3.05, 3.63) is 70.1 Å². The Bertz CT molecular complexity index is 1040. The summed E-state index contributed by atoms with van der Waals surface area (Å²) in [4.78, 5) is 15.2. The minimum Gasteiger partial charge on any atom is -0.454 e. The third-order valence-corrected chi connectivity index (χ3v) is 5.72. The van der Waals surface area contributed by atoms with Gasteiger partial charge in [0.05, 0.1) is 0 Å². The Kier molecular flexibility index (Phi) is 4.50. The molecule has 6 heteroatoms. The lowest BCUT2D eigenvalue weighted by Gasteiger charge is -2.30. The first-order valence-electron chi connectivity index (χ1n) is 9.82. The fourth-order valence-electron chi connectivity index (χ4n) is 4.23. The third kappa shape index (κ3) is 3.48. The number of fused-ring (bicyclic) bond motifs is 2. The molecule has 0 unspecified atom stereocenters. The Morgan fingerprint density at radius 1 is 0.821 bits per heavy atom. The molecule has 28 heavy (non-hydrogen) atoms. The molecule has 3 heterocycles. The Balaban J connectivity index is 1.30. The van der Waals surface area contributed by atoms with Crippen LogP contribution in [0.25, 0.3) is 11.0 Å². The molecule has 1 fully saturated rings. The normalized spacial score (nSPS) is 21.1. The number of quaternary nitrogens is 2. The Labute approximate surface area is 162 Å². The predicted molar refractivity (Wildman–Crippen MR) is 104 cm³/mol. The van der Waals surface area contributed by atoms with Crippen LogP contribution in [0.3, 0.4) is 0 Å². The van der Waals surface area contributed by atoms with Crippen LogP contribution in [0.1, 0.15) is 11.1 Å². The summed E-state index contributed by atoms with van der Waals surface area (Å²) in [5.41, 5.74) is 2.67. The number of nitrogens with one attached hydrogen (secondary N) is 2. The third-order valence-electron chi connectivity index (χ3n) is 5.72. The van der Waals surface area contributed by atoms with Crippen LogP contribution in [-0.4, -0.2) is 33.0 Å². The second kappa shape index (κ2) is 7.30. The maximum atomic E-state index is 12.0. The first-order valence-corrected chi connectivity index (χ1v) is 9.82. The van der Waals surface area contributed by atoms with E-state index in [1.807, 2.05) is 6.07 Å². The molecule has 2 N–H and O–H groups in total. The predicted octanol–water partition coefficient (Wildman–Crippen LogP) is 0.00530. The summed E-state index contributed by atoms with van der Waals surface area (Å²) in [7, 11) is 0. The molecule has 0 radical (unpaired) electrons. The van der Waals surface area contributed by atoms with Gasteiger partial charge < -0.3 is 23.7 Å². The van der Waals surface area contributed by atoms with E-state index in [-0.39, 0.29) is 12.4 Å². The summed E-state index contributed by atoms with van der Waals surface area (Å²) in [6.45, 7) is 6.56. The lowest BCUT2D eigenvalue weighted by Crippen LogP contribution is -3.27. The second-order valence-corrected chi connectivity index (χ2v) is 7.63. The highest BCUT2D eigenvalue weighted by atomic mass is 16.7. The lowest BCUT2D eigenvalue weighted by molar-refractivity contribution is -1.02. The largest absolute Gasteiger partial charge is 0.454 e. The number of hydrogen-bond acceptors (Lipinski definition) is 4.